The minimum atomic E-state index is -1.04. The molecule has 0 radical (unpaired) electrons. The molecular formula is C25H26F2N4O5. The number of anilines is 1. The number of carbonyl (C=O) groups excluding carboxylic acids is 2. The van der Waals surface area contributed by atoms with Crippen LogP contribution in [0.25, 0.3) is 11.3 Å². The van der Waals surface area contributed by atoms with Crippen LogP contribution in [-0.2, 0) is 9.53 Å². The number of amides is 2. The molecule has 36 heavy (non-hydrogen) atoms. The SMILES string of the molecule is C=CC(=O)N1CCN2C(=O)c3c(N4CC[C@H](OC)C4)nc(-c4c(O)cccc4F)c(F)c3OCC2C1. The molecule has 2 fully saturated rings. The maximum Gasteiger partial charge on any atom is 0.262 e. The third-order valence-corrected chi connectivity index (χ3v) is 6.95. The van der Waals surface area contributed by atoms with Crippen molar-refractivity contribution in [3.63, 3.8) is 0 Å². The van der Waals surface area contributed by atoms with Gasteiger partial charge in [0.1, 0.15) is 35.2 Å². The molecule has 1 aromatic carbocycles. The number of hydrogen-bond acceptors (Lipinski definition) is 7. The third kappa shape index (κ3) is 3.93. The van der Waals surface area contributed by atoms with Crippen LogP contribution >= 0.6 is 0 Å². The number of phenols is 1. The Hall–Kier alpha value is -3.73. The van der Waals surface area contributed by atoms with Gasteiger partial charge in [0.2, 0.25) is 5.91 Å². The molecule has 190 valence electrons. The average molecular weight is 501 g/mol. The number of halogens is 2. The minimum absolute atomic E-state index is 0.0603. The molecule has 1 unspecified atom stereocenters. The fraction of sp³-hybridized carbons (Fsp3) is 0.400. The van der Waals surface area contributed by atoms with Crippen molar-refractivity contribution in [1.82, 2.24) is 14.8 Å². The quantitative estimate of drug-likeness (QED) is 0.643. The van der Waals surface area contributed by atoms with Gasteiger partial charge in [0.15, 0.2) is 11.6 Å². The lowest BCUT2D eigenvalue weighted by molar-refractivity contribution is -0.128. The van der Waals surface area contributed by atoms with Gasteiger partial charge in [0, 0.05) is 39.8 Å². The Bertz CT molecular complexity index is 1220. The number of carbonyl (C=O) groups is 2. The van der Waals surface area contributed by atoms with E-state index < -0.39 is 40.6 Å². The molecule has 0 spiro atoms. The van der Waals surface area contributed by atoms with E-state index in [0.717, 1.165) is 6.07 Å². The van der Waals surface area contributed by atoms with E-state index in [1.807, 2.05) is 0 Å². The van der Waals surface area contributed by atoms with Gasteiger partial charge in [-0.3, -0.25) is 9.59 Å². The van der Waals surface area contributed by atoms with Crippen LogP contribution in [0.15, 0.2) is 30.9 Å². The number of rotatable bonds is 4. The van der Waals surface area contributed by atoms with Crippen molar-refractivity contribution in [3.8, 4) is 22.8 Å². The van der Waals surface area contributed by atoms with E-state index in [4.69, 9.17) is 9.47 Å². The van der Waals surface area contributed by atoms with Crippen LogP contribution in [0.2, 0.25) is 0 Å². The monoisotopic (exact) mass is 500 g/mol. The molecule has 0 aliphatic carbocycles. The van der Waals surface area contributed by atoms with Crippen molar-refractivity contribution in [2.75, 3.05) is 51.3 Å². The van der Waals surface area contributed by atoms with Crippen molar-refractivity contribution in [1.29, 1.82) is 0 Å². The van der Waals surface area contributed by atoms with Gasteiger partial charge in [-0.25, -0.2) is 13.8 Å². The minimum Gasteiger partial charge on any atom is -0.507 e. The predicted octanol–water partition coefficient (Wildman–Crippen LogP) is 2.19. The van der Waals surface area contributed by atoms with Gasteiger partial charge >= 0.3 is 0 Å². The van der Waals surface area contributed by atoms with E-state index in [0.29, 0.717) is 26.1 Å². The number of nitrogens with zero attached hydrogens (tertiary/aromatic N) is 4. The van der Waals surface area contributed by atoms with Crippen molar-refractivity contribution < 1.29 is 33.0 Å². The first-order valence-corrected chi connectivity index (χ1v) is 11.7. The summed E-state index contributed by atoms with van der Waals surface area (Å²) in [6.45, 7) is 5.02. The Morgan fingerprint density at radius 3 is 2.75 bits per heavy atom. The second-order valence-corrected chi connectivity index (χ2v) is 8.98. The highest BCUT2D eigenvalue weighted by molar-refractivity contribution is 6.03. The van der Waals surface area contributed by atoms with Gasteiger partial charge in [-0.15, -0.1) is 0 Å². The van der Waals surface area contributed by atoms with Crippen LogP contribution in [-0.4, -0.2) is 90.3 Å². The van der Waals surface area contributed by atoms with Crippen LogP contribution in [0.1, 0.15) is 16.8 Å². The van der Waals surface area contributed by atoms with E-state index in [1.165, 1.54) is 18.2 Å². The summed E-state index contributed by atoms with van der Waals surface area (Å²) >= 11 is 0. The van der Waals surface area contributed by atoms with Gasteiger partial charge in [0.05, 0.1) is 17.7 Å². The van der Waals surface area contributed by atoms with E-state index in [2.05, 4.69) is 11.6 Å². The summed E-state index contributed by atoms with van der Waals surface area (Å²) in [7, 11) is 1.58. The molecular weight excluding hydrogens is 474 g/mol. The second kappa shape index (κ2) is 9.38. The molecule has 11 heteroatoms. The molecule has 3 aliphatic heterocycles. The highest BCUT2D eigenvalue weighted by atomic mass is 19.1. The number of phenolic OH excluding ortho intramolecular Hbond substituents is 1. The summed E-state index contributed by atoms with van der Waals surface area (Å²) in [6, 6.07) is 3.11. The molecule has 3 aliphatic rings. The zero-order valence-electron chi connectivity index (χ0n) is 19.7. The number of piperazine rings is 1. The number of ether oxygens (including phenoxy) is 2. The van der Waals surface area contributed by atoms with E-state index in [9.17, 15) is 19.1 Å². The van der Waals surface area contributed by atoms with Crippen molar-refractivity contribution in [2.24, 2.45) is 0 Å². The first-order valence-electron chi connectivity index (χ1n) is 11.7. The lowest BCUT2D eigenvalue weighted by atomic mass is 10.0. The number of methoxy groups -OCH3 is 1. The molecule has 1 aromatic heterocycles. The Morgan fingerprint density at radius 2 is 2.06 bits per heavy atom. The van der Waals surface area contributed by atoms with E-state index >= 15 is 4.39 Å². The topological polar surface area (TPSA) is 95.4 Å². The van der Waals surface area contributed by atoms with Gasteiger partial charge in [-0.1, -0.05) is 12.6 Å². The first kappa shape index (κ1) is 24.0. The van der Waals surface area contributed by atoms with Crippen LogP contribution < -0.4 is 9.64 Å². The normalized spacial score (nSPS) is 21.5. The van der Waals surface area contributed by atoms with Crippen molar-refractivity contribution >= 4 is 17.6 Å². The summed E-state index contributed by atoms with van der Waals surface area (Å²) in [5.41, 5.74) is -0.923. The van der Waals surface area contributed by atoms with Gasteiger partial charge in [-0.05, 0) is 24.6 Å². The van der Waals surface area contributed by atoms with Crippen molar-refractivity contribution in [2.45, 2.75) is 18.6 Å². The highest BCUT2D eigenvalue weighted by Crippen LogP contribution is 2.43. The standard InChI is InChI=1S/C25H26F2N4O5/c1-3-18(33)29-9-10-31-14(11-29)13-36-23-20(25(31)34)24(30-8-7-15(12-30)35-2)28-22(21(23)27)19-16(26)5-4-6-17(19)32/h3-6,14-15,32H,1,7-13H2,2H3/t14?,15-/m0/s1. The molecule has 5 rings (SSSR count). The predicted molar refractivity (Wildman–Crippen MR) is 126 cm³/mol. The van der Waals surface area contributed by atoms with Gasteiger partial charge in [-0.2, -0.15) is 0 Å². The van der Waals surface area contributed by atoms with Gasteiger partial charge in [0.25, 0.3) is 5.91 Å². The molecule has 0 bridgehead atoms. The van der Waals surface area contributed by atoms with Gasteiger partial charge < -0.3 is 29.3 Å². The van der Waals surface area contributed by atoms with Crippen LogP contribution in [0.5, 0.6) is 11.5 Å². The fourth-order valence-electron chi connectivity index (χ4n) is 5.03. The zero-order valence-corrected chi connectivity index (χ0v) is 19.7. The van der Waals surface area contributed by atoms with Crippen LogP contribution in [0.4, 0.5) is 14.6 Å². The summed E-state index contributed by atoms with van der Waals surface area (Å²) in [6.07, 6.45) is 1.74. The molecule has 2 amide bonds. The molecule has 0 saturated carbocycles. The molecule has 4 heterocycles. The number of hydrogen-bond donors (Lipinski definition) is 1. The van der Waals surface area contributed by atoms with E-state index in [-0.39, 0.29) is 48.8 Å². The highest BCUT2D eigenvalue weighted by Gasteiger charge is 2.42. The molecule has 2 aromatic rings. The number of fused-ring (bicyclic) bond motifs is 2. The second-order valence-electron chi connectivity index (χ2n) is 8.98. The summed E-state index contributed by atoms with van der Waals surface area (Å²) in [5.74, 6) is -3.34. The molecule has 1 N–H and O–H groups in total. The summed E-state index contributed by atoms with van der Waals surface area (Å²) in [5, 5.41) is 10.3. The summed E-state index contributed by atoms with van der Waals surface area (Å²) < 4.78 is 42.0. The Kier molecular flexibility index (Phi) is 6.25. The lowest BCUT2D eigenvalue weighted by Gasteiger charge is -2.39. The smallest absolute Gasteiger partial charge is 0.262 e. The first-order chi connectivity index (χ1) is 17.3. The number of pyridine rings is 1. The maximum absolute atomic E-state index is 15.9. The zero-order chi connectivity index (χ0) is 25.6. The Labute approximate surface area is 206 Å². The Balaban J connectivity index is 1.65. The van der Waals surface area contributed by atoms with E-state index in [1.54, 1.807) is 21.8 Å². The largest absolute Gasteiger partial charge is 0.507 e. The Morgan fingerprint density at radius 1 is 1.25 bits per heavy atom. The number of aromatic hydroxyl groups is 1. The lowest BCUT2D eigenvalue weighted by Crippen LogP contribution is -2.57. The fourth-order valence-corrected chi connectivity index (χ4v) is 5.03. The van der Waals surface area contributed by atoms with Crippen LogP contribution in [0.3, 0.4) is 0 Å². The summed E-state index contributed by atoms with van der Waals surface area (Å²) in [4.78, 5) is 35.3. The van der Waals surface area contributed by atoms with Crippen LogP contribution in [0, 0.1) is 11.6 Å². The molecule has 9 nitrogen and oxygen atoms in total. The third-order valence-electron chi connectivity index (χ3n) is 6.95. The number of benzene rings is 1. The average Bonchev–Trinajstić information content (AvgIpc) is 3.31. The maximum atomic E-state index is 15.9. The molecule has 2 atom stereocenters. The molecule has 2 saturated heterocycles. The van der Waals surface area contributed by atoms with Crippen molar-refractivity contribution in [3.05, 3.63) is 48.1 Å². The number of aromatic nitrogens is 1.